The number of hydrogen-bond donors (Lipinski definition) is 2. The molecule has 0 aliphatic carbocycles. The number of fused-ring (bicyclic) bond motifs is 1. The molecule has 0 radical (unpaired) electrons. The van der Waals surface area contributed by atoms with E-state index in [4.69, 9.17) is 5.73 Å². The summed E-state index contributed by atoms with van der Waals surface area (Å²) in [5.74, 6) is 0.143. The quantitative estimate of drug-likeness (QED) is 0.596. The van der Waals surface area contributed by atoms with Crippen LogP contribution in [0.2, 0.25) is 0 Å². The van der Waals surface area contributed by atoms with Gasteiger partial charge in [0.05, 0.1) is 6.54 Å². The molecule has 0 atom stereocenters. The van der Waals surface area contributed by atoms with Crippen molar-refractivity contribution in [3.05, 3.63) is 59.2 Å². The van der Waals surface area contributed by atoms with Crippen molar-refractivity contribution in [2.45, 2.75) is 32.5 Å². The van der Waals surface area contributed by atoms with Crippen molar-refractivity contribution in [2.24, 2.45) is 5.73 Å². The zero-order chi connectivity index (χ0) is 19.4. The molecular weight excluding hydrogens is 356 g/mol. The molecule has 3 rings (SSSR count). The Morgan fingerprint density at radius 3 is 2.81 bits per heavy atom. The van der Waals surface area contributed by atoms with Crippen LogP contribution in [-0.4, -0.2) is 29.5 Å². The highest BCUT2D eigenvalue weighted by Gasteiger charge is 2.18. The van der Waals surface area contributed by atoms with Gasteiger partial charge in [0, 0.05) is 18.8 Å². The molecule has 6 nitrogen and oxygen atoms in total. The number of carbonyl (C=O) groups excluding carboxylic acids is 1. The van der Waals surface area contributed by atoms with Gasteiger partial charge in [0.1, 0.15) is 5.75 Å². The number of halogens is 2. The van der Waals surface area contributed by atoms with Crippen LogP contribution in [0.1, 0.15) is 23.1 Å². The van der Waals surface area contributed by atoms with E-state index in [0.29, 0.717) is 11.6 Å². The summed E-state index contributed by atoms with van der Waals surface area (Å²) in [5.41, 5.74) is 8.86. The smallest absolute Gasteiger partial charge is 0.387 e. The summed E-state index contributed by atoms with van der Waals surface area (Å²) in [6.07, 6.45) is 1.83. The zero-order valence-corrected chi connectivity index (χ0v) is 14.6. The van der Waals surface area contributed by atoms with E-state index in [9.17, 15) is 18.8 Å². The third-order valence-corrected chi connectivity index (χ3v) is 4.44. The molecule has 0 fully saturated rings. The maximum Gasteiger partial charge on any atom is 0.387 e. The molecule has 2 aromatic carbocycles. The van der Waals surface area contributed by atoms with E-state index >= 15 is 0 Å². The van der Waals surface area contributed by atoms with Gasteiger partial charge in [-0.15, -0.1) is 0 Å². The molecular formula is C19H21F2N3O3. The molecule has 0 unspecified atom stereocenters. The fourth-order valence-electron chi connectivity index (χ4n) is 3.28. The van der Waals surface area contributed by atoms with E-state index in [1.165, 1.54) is 6.07 Å². The lowest BCUT2D eigenvalue weighted by molar-refractivity contribution is -0.0498. The minimum atomic E-state index is -2.85. The van der Waals surface area contributed by atoms with Crippen LogP contribution in [0.15, 0.2) is 42.5 Å². The van der Waals surface area contributed by atoms with E-state index in [-0.39, 0.29) is 12.3 Å². The lowest BCUT2D eigenvalue weighted by Gasteiger charge is -2.32. The van der Waals surface area contributed by atoms with Gasteiger partial charge in [0.25, 0.3) is 0 Å². The fraction of sp³-hybridized carbons (Fsp3) is 0.316. The fourth-order valence-corrected chi connectivity index (χ4v) is 3.28. The van der Waals surface area contributed by atoms with Gasteiger partial charge in [-0.3, -0.25) is 5.21 Å². The van der Waals surface area contributed by atoms with E-state index < -0.39 is 12.6 Å². The highest BCUT2D eigenvalue weighted by molar-refractivity contribution is 5.70. The summed E-state index contributed by atoms with van der Waals surface area (Å²) in [6, 6.07) is 11.5. The first kappa shape index (κ1) is 18.9. The number of aryl methyl sites for hydroxylation is 1. The first-order valence-electron chi connectivity index (χ1n) is 8.59. The molecule has 0 saturated carbocycles. The van der Waals surface area contributed by atoms with E-state index in [1.54, 1.807) is 12.1 Å². The molecule has 0 aromatic heterocycles. The van der Waals surface area contributed by atoms with Crippen LogP contribution in [0, 0.1) is 0 Å². The maximum absolute atomic E-state index is 12.4. The Bertz CT molecular complexity index is 817. The second-order valence-electron chi connectivity index (χ2n) is 6.41. The molecule has 2 aromatic rings. The number of hydrogen-bond acceptors (Lipinski definition) is 4. The van der Waals surface area contributed by atoms with Gasteiger partial charge in [-0.1, -0.05) is 24.3 Å². The van der Waals surface area contributed by atoms with Crippen molar-refractivity contribution in [3.63, 3.8) is 0 Å². The van der Waals surface area contributed by atoms with E-state index in [1.807, 2.05) is 24.3 Å². The number of ether oxygens (including phenoxy) is 1. The zero-order valence-electron chi connectivity index (χ0n) is 14.6. The third kappa shape index (κ3) is 4.85. The predicted octanol–water partition coefficient (Wildman–Crippen LogP) is 3.51. The number of rotatable bonds is 6. The number of nitrogens with zero attached hydrogens (tertiary/aromatic N) is 2. The van der Waals surface area contributed by atoms with Crippen molar-refractivity contribution < 1.29 is 23.5 Å². The van der Waals surface area contributed by atoms with Crippen molar-refractivity contribution in [3.8, 4) is 5.75 Å². The number of alkyl halides is 2. The van der Waals surface area contributed by atoms with E-state index in [2.05, 4.69) is 9.64 Å². The minimum absolute atomic E-state index is 0.0234. The Morgan fingerprint density at radius 1 is 1.26 bits per heavy atom. The molecule has 1 aliphatic rings. The summed E-state index contributed by atoms with van der Waals surface area (Å²) >= 11 is 0. The largest absolute Gasteiger partial charge is 0.435 e. The number of urea groups is 1. The van der Waals surface area contributed by atoms with Crippen molar-refractivity contribution in [2.75, 3.05) is 11.4 Å². The molecule has 0 spiro atoms. The summed E-state index contributed by atoms with van der Waals surface area (Å²) in [7, 11) is 0. The normalized spacial score (nSPS) is 13.4. The van der Waals surface area contributed by atoms with Gasteiger partial charge in [-0.05, 0) is 47.7 Å². The first-order valence-corrected chi connectivity index (χ1v) is 8.59. The Morgan fingerprint density at radius 2 is 2.07 bits per heavy atom. The van der Waals surface area contributed by atoms with Crippen LogP contribution < -0.4 is 15.4 Å². The van der Waals surface area contributed by atoms with Crippen molar-refractivity contribution in [1.29, 1.82) is 0 Å². The number of amides is 2. The number of nitrogens with two attached hydrogens (primary N) is 1. The van der Waals surface area contributed by atoms with Crippen LogP contribution in [0.3, 0.4) is 0 Å². The number of carbonyl (C=O) groups is 1. The Hall–Kier alpha value is -2.87. The molecule has 0 saturated heterocycles. The lowest BCUT2D eigenvalue weighted by Crippen LogP contribution is -2.32. The average molecular weight is 377 g/mol. The minimum Gasteiger partial charge on any atom is -0.435 e. The number of hydroxylamine groups is 2. The highest BCUT2D eigenvalue weighted by Crippen LogP contribution is 2.30. The van der Waals surface area contributed by atoms with Gasteiger partial charge in [-0.2, -0.15) is 8.78 Å². The van der Waals surface area contributed by atoms with Crippen LogP contribution in [0.5, 0.6) is 5.75 Å². The van der Waals surface area contributed by atoms with Crippen LogP contribution >= 0.6 is 0 Å². The monoisotopic (exact) mass is 377 g/mol. The molecule has 1 heterocycles. The molecule has 144 valence electrons. The SMILES string of the molecule is NC(=O)N(O)Cc1ccc2c(c1)CCCN2Cc1cccc(OC(F)F)c1. The molecule has 27 heavy (non-hydrogen) atoms. The van der Waals surface area contributed by atoms with Crippen molar-refractivity contribution >= 4 is 11.7 Å². The Balaban J connectivity index is 1.75. The Labute approximate surface area is 155 Å². The number of benzene rings is 2. The standard InChI is InChI=1S/C19H21F2N3O3/c20-18(21)27-16-5-1-3-13(10-16)11-23-8-2-4-15-9-14(6-7-17(15)23)12-24(26)19(22)25/h1,3,5-7,9-10,18,26H,2,4,8,11-12H2,(H2,22,25). The lowest BCUT2D eigenvalue weighted by atomic mass is 9.98. The van der Waals surface area contributed by atoms with Crippen LogP contribution in [0.4, 0.5) is 19.3 Å². The van der Waals surface area contributed by atoms with Gasteiger partial charge < -0.3 is 15.4 Å². The van der Waals surface area contributed by atoms with Crippen LogP contribution in [0.25, 0.3) is 0 Å². The molecule has 2 amide bonds. The van der Waals surface area contributed by atoms with Crippen LogP contribution in [-0.2, 0) is 19.5 Å². The second kappa shape index (κ2) is 8.22. The van der Waals surface area contributed by atoms with Gasteiger partial charge in [-0.25, -0.2) is 9.86 Å². The topological polar surface area (TPSA) is 79.0 Å². The highest BCUT2D eigenvalue weighted by atomic mass is 19.3. The van der Waals surface area contributed by atoms with Crippen molar-refractivity contribution in [1.82, 2.24) is 5.06 Å². The maximum atomic E-state index is 12.4. The summed E-state index contributed by atoms with van der Waals surface area (Å²) in [5, 5.41) is 9.97. The summed E-state index contributed by atoms with van der Waals surface area (Å²) < 4.78 is 29.3. The predicted molar refractivity (Wildman–Crippen MR) is 95.8 cm³/mol. The van der Waals surface area contributed by atoms with E-state index in [0.717, 1.165) is 41.8 Å². The average Bonchev–Trinajstić information content (AvgIpc) is 2.61. The molecule has 1 aliphatic heterocycles. The van der Waals surface area contributed by atoms with Gasteiger partial charge >= 0.3 is 12.6 Å². The molecule has 0 bridgehead atoms. The number of primary amides is 1. The summed E-state index contributed by atoms with van der Waals surface area (Å²) in [4.78, 5) is 13.2. The Kier molecular flexibility index (Phi) is 5.75. The third-order valence-electron chi connectivity index (χ3n) is 4.44. The first-order chi connectivity index (χ1) is 12.9. The second-order valence-corrected chi connectivity index (χ2v) is 6.41. The van der Waals surface area contributed by atoms with Gasteiger partial charge in [0.15, 0.2) is 0 Å². The summed E-state index contributed by atoms with van der Waals surface area (Å²) in [6.45, 7) is -1.41. The van der Waals surface area contributed by atoms with Gasteiger partial charge in [0.2, 0.25) is 0 Å². The molecule has 8 heteroatoms. The number of anilines is 1. The molecule has 3 N–H and O–H groups in total.